The molecule has 198 valence electrons. The number of fused-ring (bicyclic) bond motifs is 1. The Morgan fingerprint density at radius 3 is 2.33 bits per heavy atom. The van der Waals surface area contributed by atoms with E-state index in [0.29, 0.717) is 45.2 Å². The third-order valence-electron chi connectivity index (χ3n) is 6.61. The summed E-state index contributed by atoms with van der Waals surface area (Å²) in [6.45, 7) is 3.15. The summed E-state index contributed by atoms with van der Waals surface area (Å²) in [6.07, 6.45) is 0. The second-order valence-electron chi connectivity index (χ2n) is 9.02. The van der Waals surface area contributed by atoms with Crippen LogP contribution in [-0.2, 0) is 11.8 Å². The van der Waals surface area contributed by atoms with Gasteiger partial charge in [-0.05, 0) is 55.8 Å². The van der Waals surface area contributed by atoms with E-state index in [4.69, 9.17) is 13.9 Å². The Bertz CT molecular complexity index is 1800. The van der Waals surface area contributed by atoms with Crippen LogP contribution in [0.4, 0.5) is 5.69 Å². The number of benzene rings is 3. The van der Waals surface area contributed by atoms with Crippen molar-refractivity contribution < 1.29 is 18.7 Å². The molecule has 5 aromatic rings. The number of methoxy groups -OCH3 is 1. The Morgan fingerprint density at radius 1 is 0.949 bits per heavy atom. The first-order valence-corrected chi connectivity index (χ1v) is 12.3. The number of anilines is 1. The van der Waals surface area contributed by atoms with E-state index in [-0.39, 0.29) is 23.3 Å². The molecule has 0 aliphatic rings. The summed E-state index contributed by atoms with van der Waals surface area (Å²) in [5, 5.41) is 3.06. The lowest BCUT2D eigenvalue weighted by Gasteiger charge is -2.10. The van der Waals surface area contributed by atoms with Gasteiger partial charge >= 0.3 is 0 Å². The molecular weight excluding hydrogens is 498 g/mol. The van der Waals surface area contributed by atoms with Crippen LogP contribution < -0.4 is 25.8 Å². The van der Waals surface area contributed by atoms with Gasteiger partial charge in [0.2, 0.25) is 5.43 Å². The fourth-order valence-electron chi connectivity index (χ4n) is 4.50. The zero-order valence-corrected chi connectivity index (χ0v) is 22.0. The highest BCUT2D eigenvalue weighted by molar-refractivity contribution is 5.92. The van der Waals surface area contributed by atoms with Crippen molar-refractivity contribution in [3.05, 3.63) is 105 Å². The van der Waals surface area contributed by atoms with Crippen LogP contribution in [-0.4, -0.2) is 29.0 Å². The molecule has 9 heteroatoms. The molecule has 0 bridgehead atoms. The summed E-state index contributed by atoms with van der Waals surface area (Å²) in [4.78, 5) is 39.0. The fourth-order valence-corrected chi connectivity index (χ4v) is 4.50. The maximum Gasteiger partial charge on any atom is 0.295 e. The Kier molecular flexibility index (Phi) is 6.81. The first kappa shape index (κ1) is 25.6. The minimum atomic E-state index is -0.492. The first-order valence-electron chi connectivity index (χ1n) is 12.3. The Morgan fingerprint density at radius 2 is 1.64 bits per heavy atom. The highest BCUT2D eigenvalue weighted by Gasteiger charge is 2.19. The van der Waals surface area contributed by atoms with Crippen molar-refractivity contribution in [3.63, 3.8) is 0 Å². The number of aromatic nitrogens is 2. The molecule has 1 N–H and O–H groups in total. The average Bonchev–Trinajstić information content (AvgIpc) is 3.15. The van der Waals surface area contributed by atoms with Gasteiger partial charge in [0.1, 0.15) is 28.5 Å². The molecule has 2 heterocycles. The number of nitrogens with zero attached hydrogens (tertiary/aromatic N) is 2. The first-order chi connectivity index (χ1) is 18.8. The lowest BCUT2D eigenvalue weighted by Crippen LogP contribution is -2.25. The summed E-state index contributed by atoms with van der Waals surface area (Å²) in [5.41, 5.74) is 2.50. The van der Waals surface area contributed by atoms with Crippen LogP contribution in [0, 0.1) is 13.8 Å². The molecule has 0 fully saturated rings. The van der Waals surface area contributed by atoms with E-state index in [2.05, 4.69) is 5.32 Å². The number of rotatable bonds is 7. The zero-order valence-electron chi connectivity index (χ0n) is 22.0. The molecule has 0 atom stereocenters. The quantitative estimate of drug-likeness (QED) is 0.333. The number of ether oxygens (including phenoxy) is 2. The van der Waals surface area contributed by atoms with Crippen LogP contribution in [0.25, 0.3) is 27.8 Å². The van der Waals surface area contributed by atoms with Crippen molar-refractivity contribution in [2.75, 3.05) is 19.0 Å². The Labute approximate surface area is 223 Å². The van der Waals surface area contributed by atoms with Gasteiger partial charge in [-0.2, -0.15) is 0 Å². The molecule has 3 aromatic carbocycles. The van der Waals surface area contributed by atoms with E-state index in [9.17, 15) is 14.4 Å². The van der Waals surface area contributed by atoms with Gasteiger partial charge in [-0.3, -0.25) is 19.1 Å². The maximum atomic E-state index is 13.3. The summed E-state index contributed by atoms with van der Waals surface area (Å²) in [5.74, 6) is 1.01. The molecule has 0 spiro atoms. The standard InChI is InChI=1S/C30H27N3O6/c1-18-28(30(36)33(32(18)3)21-8-6-5-7-9-21)31-26(34)17-38-23-14-15-24-25(16-23)39-19(2)27(29(24)35)20-10-12-22(37-4)13-11-20/h5-16H,17H2,1-4H3,(H,31,34). The summed E-state index contributed by atoms with van der Waals surface area (Å²) in [6, 6.07) is 21.1. The van der Waals surface area contributed by atoms with Crippen LogP contribution in [0.5, 0.6) is 11.5 Å². The molecule has 0 unspecified atom stereocenters. The summed E-state index contributed by atoms with van der Waals surface area (Å²) in [7, 11) is 3.33. The van der Waals surface area contributed by atoms with Gasteiger partial charge < -0.3 is 19.2 Å². The van der Waals surface area contributed by atoms with Crippen LogP contribution in [0.15, 0.2) is 86.8 Å². The van der Waals surface area contributed by atoms with Gasteiger partial charge in [0, 0.05) is 13.1 Å². The molecule has 0 aliphatic heterocycles. The van der Waals surface area contributed by atoms with Gasteiger partial charge in [-0.25, -0.2) is 4.68 Å². The number of para-hydroxylation sites is 1. The molecular formula is C30H27N3O6. The second kappa shape index (κ2) is 10.4. The smallest absolute Gasteiger partial charge is 0.295 e. The Hall–Kier alpha value is -5.05. The molecule has 2 aromatic heterocycles. The van der Waals surface area contributed by atoms with Crippen LogP contribution in [0.2, 0.25) is 0 Å². The number of hydrogen-bond donors (Lipinski definition) is 1. The van der Waals surface area contributed by atoms with Gasteiger partial charge in [0.05, 0.1) is 29.4 Å². The van der Waals surface area contributed by atoms with Crippen molar-refractivity contribution in [2.45, 2.75) is 13.8 Å². The van der Waals surface area contributed by atoms with Crippen molar-refractivity contribution in [1.82, 2.24) is 9.36 Å². The third-order valence-corrected chi connectivity index (χ3v) is 6.61. The predicted octanol–water partition coefficient (Wildman–Crippen LogP) is 4.59. The van der Waals surface area contributed by atoms with Crippen molar-refractivity contribution in [1.29, 1.82) is 0 Å². The number of aryl methyl sites for hydroxylation is 1. The van der Waals surface area contributed by atoms with Crippen molar-refractivity contribution in [2.24, 2.45) is 7.05 Å². The highest BCUT2D eigenvalue weighted by Crippen LogP contribution is 2.27. The molecule has 0 aliphatic carbocycles. The SMILES string of the molecule is COc1ccc(-c2c(C)oc3cc(OCC(=O)Nc4c(C)n(C)n(-c5ccccc5)c4=O)ccc3c2=O)cc1. The lowest BCUT2D eigenvalue weighted by molar-refractivity contribution is -0.118. The molecule has 5 rings (SSSR count). The number of amides is 1. The number of hydrogen-bond acceptors (Lipinski definition) is 6. The summed E-state index contributed by atoms with van der Waals surface area (Å²) >= 11 is 0. The molecule has 0 saturated carbocycles. The van der Waals surface area contributed by atoms with Gasteiger partial charge in [-0.1, -0.05) is 30.3 Å². The number of carbonyl (C=O) groups is 1. The van der Waals surface area contributed by atoms with E-state index in [1.54, 1.807) is 63.0 Å². The van der Waals surface area contributed by atoms with E-state index < -0.39 is 5.91 Å². The van der Waals surface area contributed by atoms with E-state index in [0.717, 1.165) is 5.56 Å². The normalized spacial score (nSPS) is 11.0. The maximum absolute atomic E-state index is 13.3. The molecule has 1 amide bonds. The second-order valence-corrected chi connectivity index (χ2v) is 9.02. The lowest BCUT2D eigenvalue weighted by atomic mass is 10.0. The zero-order chi connectivity index (χ0) is 27.7. The molecule has 0 radical (unpaired) electrons. The average molecular weight is 526 g/mol. The van der Waals surface area contributed by atoms with Crippen molar-refractivity contribution >= 4 is 22.6 Å². The fraction of sp³-hybridized carbons (Fsp3) is 0.167. The van der Waals surface area contributed by atoms with Gasteiger partial charge in [-0.15, -0.1) is 0 Å². The van der Waals surface area contributed by atoms with Crippen molar-refractivity contribution in [3.8, 4) is 28.3 Å². The minimum absolute atomic E-state index is 0.169. The van der Waals surface area contributed by atoms with Gasteiger partial charge in [0.15, 0.2) is 6.61 Å². The molecule has 9 nitrogen and oxygen atoms in total. The Balaban J connectivity index is 1.34. The predicted molar refractivity (Wildman–Crippen MR) is 149 cm³/mol. The highest BCUT2D eigenvalue weighted by atomic mass is 16.5. The number of nitrogens with one attached hydrogen (secondary N) is 1. The van der Waals surface area contributed by atoms with E-state index >= 15 is 0 Å². The monoisotopic (exact) mass is 525 g/mol. The number of carbonyl (C=O) groups excluding carboxylic acids is 1. The van der Waals surface area contributed by atoms with Crippen LogP contribution >= 0.6 is 0 Å². The van der Waals surface area contributed by atoms with Crippen LogP contribution in [0.3, 0.4) is 0 Å². The largest absolute Gasteiger partial charge is 0.497 e. The third kappa shape index (κ3) is 4.82. The topological polar surface area (TPSA) is 105 Å². The minimum Gasteiger partial charge on any atom is -0.497 e. The molecule has 39 heavy (non-hydrogen) atoms. The summed E-state index contributed by atoms with van der Waals surface area (Å²) < 4.78 is 20.0. The van der Waals surface area contributed by atoms with Gasteiger partial charge in [0.25, 0.3) is 11.5 Å². The van der Waals surface area contributed by atoms with Crippen LogP contribution in [0.1, 0.15) is 11.5 Å². The van der Waals surface area contributed by atoms with E-state index in [1.807, 2.05) is 42.5 Å². The molecule has 0 saturated heterocycles. The van der Waals surface area contributed by atoms with E-state index in [1.165, 1.54) is 4.68 Å².